The Labute approximate surface area is 193 Å². The van der Waals surface area contributed by atoms with E-state index in [2.05, 4.69) is 46.9 Å². The van der Waals surface area contributed by atoms with Crippen LogP contribution in [-0.4, -0.2) is 56.7 Å². The Morgan fingerprint density at radius 3 is 2.30 bits per heavy atom. The lowest BCUT2D eigenvalue weighted by molar-refractivity contribution is 0.0747. The summed E-state index contributed by atoms with van der Waals surface area (Å²) < 4.78 is 1.80. The summed E-state index contributed by atoms with van der Waals surface area (Å²) >= 11 is 0. The van der Waals surface area contributed by atoms with Gasteiger partial charge in [-0.25, -0.2) is 14.6 Å². The predicted octanol–water partition coefficient (Wildman–Crippen LogP) is 3.91. The molecule has 2 aromatic carbocycles. The van der Waals surface area contributed by atoms with Crippen LogP contribution in [-0.2, 0) is 0 Å². The van der Waals surface area contributed by atoms with Gasteiger partial charge in [-0.3, -0.25) is 4.79 Å². The second-order valence-electron chi connectivity index (χ2n) is 8.32. The lowest BCUT2D eigenvalue weighted by Gasteiger charge is -2.34. The van der Waals surface area contributed by atoms with Gasteiger partial charge in [-0.1, -0.05) is 42.0 Å². The fourth-order valence-electron chi connectivity index (χ4n) is 4.26. The molecular weight excluding hydrogens is 412 g/mol. The number of anilines is 1. The first-order chi connectivity index (χ1) is 16.1. The van der Waals surface area contributed by atoms with Gasteiger partial charge in [0.05, 0.1) is 11.3 Å². The average molecular weight is 439 g/mol. The van der Waals surface area contributed by atoms with Crippen LogP contribution >= 0.6 is 0 Å². The Morgan fingerprint density at radius 2 is 1.61 bits per heavy atom. The van der Waals surface area contributed by atoms with E-state index in [-0.39, 0.29) is 5.91 Å². The van der Waals surface area contributed by atoms with E-state index in [1.54, 1.807) is 17.1 Å². The number of carbonyl (C=O) groups excluding carboxylic acids is 1. The number of piperazine rings is 1. The van der Waals surface area contributed by atoms with Gasteiger partial charge in [0.15, 0.2) is 0 Å². The highest BCUT2D eigenvalue weighted by atomic mass is 16.2. The molecule has 0 radical (unpaired) electrons. The number of aryl methyl sites for hydroxylation is 2. The lowest BCUT2D eigenvalue weighted by Crippen LogP contribution is -2.49. The number of hydrogen-bond donors (Lipinski definition) is 0. The van der Waals surface area contributed by atoms with E-state index in [9.17, 15) is 4.79 Å². The number of amides is 1. The second-order valence-corrected chi connectivity index (χ2v) is 8.32. The maximum absolute atomic E-state index is 13.7. The van der Waals surface area contributed by atoms with Gasteiger partial charge in [0.2, 0.25) is 5.95 Å². The minimum Gasteiger partial charge on any atom is -0.337 e. The zero-order valence-corrected chi connectivity index (χ0v) is 18.8. The molecule has 0 saturated carbocycles. The molecule has 1 fully saturated rings. The van der Waals surface area contributed by atoms with Crippen molar-refractivity contribution in [3.63, 3.8) is 0 Å². The summed E-state index contributed by atoms with van der Waals surface area (Å²) in [6.45, 7) is 6.75. The van der Waals surface area contributed by atoms with Gasteiger partial charge >= 0.3 is 0 Å². The molecule has 7 heteroatoms. The molecule has 5 rings (SSSR count). The van der Waals surface area contributed by atoms with Gasteiger partial charge in [0, 0.05) is 50.3 Å². The largest absolute Gasteiger partial charge is 0.337 e. The van der Waals surface area contributed by atoms with Crippen molar-refractivity contribution in [3.05, 3.63) is 89.9 Å². The van der Waals surface area contributed by atoms with Crippen molar-refractivity contribution >= 4 is 11.9 Å². The van der Waals surface area contributed by atoms with Crippen LogP contribution in [0.5, 0.6) is 0 Å². The van der Waals surface area contributed by atoms with Gasteiger partial charge in [0.1, 0.15) is 5.69 Å². The highest BCUT2D eigenvalue weighted by molar-refractivity contribution is 6.00. The summed E-state index contributed by atoms with van der Waals surface area (Å²) in [6, 6.07) is 18.0. The van der Waals surface area contributed by atoms with Crippen LogP contribution < -0.4 is 4.90 Å². The molecular formula is C26H26N6O. The zero-order chi connectivity index (χ0) is 22.8. The summed E-state index contributed by atoms with van der Waals surface area (Å²) in [7, 11) is 0. The number of carbonyl (C=O) groups is 1. The average Bonchev–Trinajstić information content (AvgIpc) is 3.30. The summed E-state index contributed by atoms with van der Waals surface area (Å²) in [4.78, 5) is 26.4. The molecule has 0 bridgehead atoms. The van der Waals surface area contributed by atoms with E-state index >= 15 is 0 Å². The molecule has 1 aliphatic rings. The van der Waals surface area contributed by atoms with Gasteiger partial charge in [-0.15, -0.1) is 0 Å². The fraction of sp³-hybridized carbons (Fsp3) is 0.231. The van der Waals surface area contributed by atoms with Crippen molar-refractivity contribution in [1.82, 2.24) is 24.6 Å². The normalized spacial score (nSPS) is 13.9. The number of rotatable bonds is 4. The molecule has 0 atom stereocenters. The van der Waals surface area contributed by atoms with Crippen molar-refractivity contribution in [1.29, 1.82) is 0 Å². The quantitative estimate of drug-likeness (QED) is 0.483. The van der Waals surface area contributed by atoms with Crippen LogP contribution in [0.1, 0.15) is 21.5 Å². The second kappa shape index (κ2) is 8.86. The molecule has 3 heterocycles. The zero-order valence-electron chi connectivity index (χ0n) is 18.8. The number of aromatic nitrogens is 4. The van der Waals surface area contributed by atoms with Gasteiger partial charge in [-0.05, 0) is 37.6 Å². The molecule has 0 spiro atoms. The highest BCUT2D eigenvalue weighted by Crippen LogP contribution is 2.29. The van der Waals surface area contributed by atoms with Crippen molar-refractivity contribution in [2.75, 3.05) is 31.1 Å². The SMILES string of the molecule is Cc1ccc(-c2nn(-c3ccccc3)cc2C(=O)N2CCN(c3ncccn3)CC2)c(C)c1. The standard InChI is InChI=1S/C26H26N6O/c1-19-9-10-22(20(2)17-19)24-23(18-32(29-24)21-7-4-3-5-8-21)25(33)30-13-15-31(16-14-30)26-27-11-6-12-28-26/h3-12,17-18H,13-16H2,1-2H3. The van der Waals surface area contributed by atoms with Gasteiger partial charge < -0.3 is 9.80 Å². The van der Waals surface area contributed by atoms with Crippen LogP contribution in [0.15, 0.2) is 73.2 Å². The monoisotopic (exact) mass is 438 g/mol. The van der Waals surface area contributed by atoms with E-state index in [0.717, 1.165) is 22.5 Å². The molecule has 1 saturated heterocycles. The summed E-state index contributed by atoms with van der Waals surface area (Å²) in [5.74, 6) is 0.707. The molecule has 0 unspecified atom stereocenters. The Balaban J connectivity index is 1.46. The smallest absolute Gasteiger partial charge is 0.257 e. The summed E-state index contributed by atoms with van der Waals surface area (Å²) in [5, 5.41) is 4.86. The summed E-state index contributed by atoms with van der Waals surface area (Å²) in [5.41, 5.74) is 5.54. The molecule has 33 heavy (non-hydrogen) atoms. The third kappa shape index (κ3) is 4.22. The fourth-order valence-corrected chi connectivity index (χ4v) is 4.26. The number of hydrogen-bond acceptors (Lipinski definition) is 5. The number of benzene rings is 2. The first kappa shape index (κ1) is 20.9. The minimum atomic E-state index is 0.000728. The maximum Gasteiger partial charge on any atom is 0.257 e. The Kier molecular flexibility index (Phi) is 5.60. The summed E-state index contributed by atoms with van der Waals surface area (Å²) in [6.07, 6.45) is 5.35. The molecule has 2 aromatic heterocycles. The number of para-hydroxylation sites is 1. The van der Waals surface area contributed by atoms with E-state index in [0.29, 0.717) is 37.7 Å². The number of nitrogens with zero attached hydrogens (tertiary/aromatic N) is 6. The van der Waals surface area contributed by atoms with Crippen molar-refractivity contribution < 1.29 is 4.79 Å². The maximum atomic E-state index is 13.7. The third-order valence-corrected chi connectivity index (χ3v) is 6.00. The van der Waals surface area contributed by atoms with Crippen molar-refractivity contribution in [3.8, 4) is 16.9 Å². The van der Waals surface area contributed by atoms with Crippen LogP contribution in [0.25, 0.3) is 16.9 Å². The molecule has 0 N–H and O–H groups in total. The third-order valence-electron chi connectivity index (χ3n) is 6.00. The van der Waals surface area contributed by atoms with Crippen LogP contribution in [0, 0.1) is 13.8 Å². The van der Waals surface area contributed by atoms with Gasteiger partial charge in [0.25, 0.3) is 5.91 Å². The molecule has 0 aliphatic carbocycles. The van der Waals surface area contributed by atoms with Gasteiger partial charge in [-0.2, -0.15) is 5.10 Å². The topological polar surface area (TPSA) is 67.2 Å². The minimum absolute atomic E-state index is 0.000728. The Hall–Kier alpha value is -4.00. The highest BCUT2D eigenvalue weighted by Gasteiger charge is 2.27. The molecule has 7 nitrogen and oxygen atoms in total. The molecule has 1 aliphatic heterocycles. The van der Waals surface area contributed by atoms with E-state index in [4.69, 9.17) is 5.10 Å². The van der Waals surface area contributed by atoms with Crippen LogP contribution in [0.4, 0.5) is 5.95 Å². The van der Waals surface area contributed by atoms with E-state index < -0.39 is 0 Å². The lowest BCUT2D eigenvalue weighted by atomic mass is 10.00. The predicted molar refractivity (Wildman–Crippen MR) is 129 cm³/mol. The van der Waals surface area contributed by atoms with E-state index in [1.807, 2.05) is 47.5 Å². The Bertz CT molecular complexity index is 1260. The van der Waals surface area contributed by atoms with Crippen LogP contribution in [0.3, 0.4) is 0 Å². The first-order valence-electron chi connectivity index (χ1n) is 11.1. The van der Waals surface area contributed by atoms with E-state index in [1.165, 1.54) is 5.56 Å². The molecule has 1 amide bonds. The van der Waals surface area contributed by atoms with Crippen molar-refractivity contribution in [2.24, 2.45) is 0 Å². The Morgan fingerprint density at radius 1 is 0.879 bits per heavy atom. The molecule has 166 valence electrons. The molecule has 4 aromatic rings. The van der Waals surface area contributed by atoms with Crippen molar-refractivity contribution in [2.45, 2.75) is 13.8 Å². The first-order valence-corrected chi connectivity index (χ1v) is 11.1. The van der Waals surface area contributed by atoms with Crippen LogP contribution in [0.2, 0.25) is 0 Å².